The van der Waals surface area contributed by atoms with Crippen molar-refractivity contribution in [2.24, 2.45) is 11.8 Å². The summed E-state index contributed by atoms with van der Waals surface area (Å²) in [6, 6.07) is -0.666. The Balaban J connectivity index is 1.58. The maximum atomic E-state index is 14.2. The Morgan fingerprint density at radius 2 is 1.82 bits per heavy atom. The van der Waals surface area contributed by atoms with Crippen molar-refractivity contribution in [3.8, 4) is 0 Å². The van der Waals surface area contributed by atoms with Crippen molar-refractivity contribution in [2.75, 3.05) is 26.3 Å². The molecule has 8 nitrogen and oxygen atoms in total. The third-order valence-corrected chi connectivity index (χ3v) is 8.37. The zero-order valence-corrected chi connectivity index (χ0v) is 20.0. The first-order valence-electron chi connectivity index (χ1n) is 12.9. The number of nitrogens with zero attached hydrogens (tertiary/aromatic N) is 2. The van der Waals surface area contributed by atoms with Crippen molar-refractivity contribution in [2.45, 2.75) is 81.6 Å². The van der Waals surface area contributed by atoms with E-state index in [1.807, 2.05) is 36.1 Å². The van der Waals surface area contributed by atoms with Gasteiger partial charge in [0.25, 0.3) is 0 Å². The third-order valence-electron chi connectivity index (χ3n) is 8.37. The average Bonchev–Trinajstić information content (AvgIpc) is 3.13. The lowest BCUT2D eigenvalue weighted by atomic mass is 9.74. The number of aliphatic hydroxyl groups is 1. The van der Waals surface area contributed by atoms with Crippen LogP contribution in [0.25, 0.3) is 0 Å². The van der Waals surface area contributed by atoms with Crippen molar-refractivity contribution in [3.63, 3.8) is 0 Å². The molecule has 186 valence electrons. The molecule has 34 heavy (non-hydrogen) atoms. The number of rotatable bonds is 5. The minimum atomic E-state index is -1.22. The number of carbonyl (C=O) groups excluding carboxylic acids is 3. The van der Waals surface area contributed by atoms with Crippen LogP contribution in [0.15, 0.2) is 24.3 Å². The van der Waals surface area contributed by atoms with E-state index in [4.69, 9.17) is 9.47 Å². The Bertz CT molecular complexity index is 896. The quantitative estimate of drug-likeness (QED) is 0.373. The Morgan fingerprint density at radius 3 is 2.59 bits per heavy atom. The third kappa shape index (κ3) is 3.61. The molecule has 8 heteroatoms. The number of cyclic esters (lactones) is 1. The summed E-state index contributed by atoms with van der Waals surface area (Å²) < 4.78 is 12.2. The lowest BCUT2D eigenvalue weighted by Gasteiger charge is -2.40. The standard InChI is InChI=1S/C26H36N2O6/c1-25-12-5-8-17-33-24(32)20(25)19-22(30)28(14-6-7-16-29)21-23(31)27(18-10-3-2-4-11-18)15-9-13-26(19,21)34-25/h5,9,12-13,18-21,29H,2-4,6-8,10-11,14-17H2,1H3/t19-,20-,21?,25+,26-/m0/s1. The molecule has 3 fully saturated rings. The zero-order valence-electron chi connectivity index (χ0n) is 20.0. The van der Waals surface area contributed by atoms with E-state index in [2.05, 4.69) is 0 Å². The smallest absolute Gasteiger partial charge is 0.313 e. The second-order valence-electron chi connectivity index (χ2n) is 10.5. The molecule has 2 amide bonds. The molecule has 1 spiro atoms. The Kier molecular flexibility index (Phi) is 6.31. The highest BCUT2D eigenvalue weighted by Gasteiger charge is 2.74. The Labute approximate surface area is 200 Å². The molecule has 1 saturated carbocycles. The minimum absolute atomic E-state index is 0.0254. The van der Waals surface area contributed by atoms with Crippen molar-refractivity contribution < 1.29 is 29.0 Å². The minimum Gasteiger partial charge on any atom is -0.465 e. The maximum absolute atomic E-state index is 14.2. The number of hydrogen-bond donors (Lipinski definition) is 1. The van der Waals surface area contributed by atoms with Crippen LogP contribution < -0.4 is 0 Å². The van der Waals surface area contributed by atoms with Gasteiger partial charge in [-0.2, -0.15) is 0 Å². The van der Waals surface area contributed by atoms with Crippen LogP contribution in [0.4, 0.5) is 0 Å². The fourth-order valence-electron chi connectivity index (χ4n) is 6.86. The van der Waals surface area contributed by atoms with Crippen molar-refractivity contribution >= 4 is 17.8 Å². The maximum Gasteiger partial charge on any atom is 0.313 e. The van der Waals surface area contributed by atoms with E-state index < -0.39 is 35.0 Å². The summed E-state index contributed by atoms with van der Waals surface area (Å²) in [5, 5.41) is 9.31. The molecule has 1 aliphatic carbocycles. The first-order chi connectivity index (χ1) is 16.4. The molecule has 0 aromatic heterocycles. The zero-order chi connectivity index (χ0) is 23.9. The lowest BCUT2D eigenvalue weighted by Crippen LogP contribution is -2.57. The van der Waals surface area contributed by atoms with Crippen LogP contribution in [-0.4, -0.2) is 82.3 Å². The van der Waals surface area contributed by atoms with Crippen LogP contribution in [0.3, 0.4) is 0 Å². The fourth-order valence-corrected chi connectivity index (χ4v) is 6.86. The lowest BCUT2D eigenvalue weighted by molar-refractivity contribution is -0.160. The second-order valence-corrected chi connectivity index (χ2v) is 10.5. The van der Waals surface area contributed by atoms with Gasteiger partial charge in [0.15, 0.2) is 0 Å². The molecule has 0 aromatic rings. The highest BCUT2D eigenvalue weighted by atomic mass is 16.6. The van der Waals surface area contributed by atoms with E-state index in [-0.39, 0.29) is 31.1 Å². The number of aliphatic hydroxyl groups excluding tert-OH is 1. The van der Waals surface area contributed by atoms with Crippen LogP contribution >= 0.6 is 0 Å². The number of fused-ring (bicyclic) bond motifs is 2. The van der Waals surface area contributed by atoms with Gasteiger partial charge in [0, 0.05) is 25.7 Å². The van der Waals surface area contributed by atoms with Gasteiger partial charge < -0.3 is 24.4 Å². The first-order valence-corrected chi connectivity index (χ1v) is 12.9. The van der Waals surface area contributed by atoms with E-state index in [1.54, 1.807) is 4.90 Å². The van der Waals surface area contributed by atoms with Crippen LogP contribution in [0.5, 0.6) is 0 Å². The van der Waals surface area contributed by atoms with Gasteiger partial charge in [-0.15, -0.1) is 0 Å². The van der Waals surface area contributed by atoms with Gasteiger partial charge in [-0.05, 0) is 39.0 Å². The monoisotopic (exact) mass is 472 g/mol. The van der Waals surface area contributed by atoms with Gasteiger partial charge in [-0.25, -0.2) is 0 Å². The summed E-state index contributed by atoms with van der Waals surface area (Å²) in [4.78, 5) is 44.9. The van der Waals surface area contributed by atoms with E-state index >= 15 is 0 Å². The fraction of sp³-hybridized carbons (Fsp3) is 0.731. The van der Waals surface area contributed by atoms with Crippen LogP contribution in [-0.2, 0) is 23.9 Å². The molecule has 4 aliphatic heterocycles. The number of hydrogen-bond acceptors (Lipinski definition) is 6. The van der Waals surface area contributed by atoms with Crippen molar-refractivity contribution in [3.05, 3.63) is 24.3 Å². The molecule has 5 rings (SSSR count). The molecule has 1 N–H and O–H groups in total. The van der Waals surface area contributed by atoms with Gasteiger partial charge in [0.1, 0.15) is 17.6 Å². The Hall–Kier alpha value is -2.19. The predicted octanol–water partition coefficient (Wildman–Crippen LogP) is 1.96. The van der Waals surface area contributed by atoms with Crippen LogP contribution in [0.2, 0.25) is 0 Å². The molecule has 0 aromatic carbocycles. The summed E-state index contributed by atoms with van der Waals surface area (Å²) >= 11 is 0. The highest BCUT2D eigenvalue weighted by Crippen LogP contribution is 2.57. The van der Waals surface area contributed by atoms with E-state index in [1.165, 1.54) is 6.42 Å². The van der Waals surface area contributed by atoms with Gasteiger partial charge in [0.05, 0.1) is 18.1 Å². The normalized spacial score (nSPS) is 38.2. The van der Waals surface area contributed by atoms with Gasteiger partial charge in [-0.3, -0.25) is 14.4 Å². The number of ether oxygens (including phenoxy) is 2. The summed E-state index contributed by atoms with van der Waals surface area (Å²) in [5.74, 6) is -2.40. The number of carbonyl (C=O) groups is 3. The molecule has 4 heterocycles. The highest BCUT2D eigenvalue weighted by molar-refractivity contribution is 5.99. The average molecular weight is 473 g/mol. The largest absolute Gasteiger partial charge is 0.465 e. The number of esters is 1. The predicted molar refractivity (Wildman–Crippen MR) is 123 cm³/mol. The van der Waals surface area contributed by atoms with Crippen molar-refractivity contribution in [1.82, 2.24) is 9.80 Å². The molecule has 0 radical (unpaired) electrons. The molecular weight excluding hydrogens is 436 g/mol. The van der Waals surface area contributed by atoms with Gasteiger partial charge >= 0.3 is 5.97 Å². The summed E-state index contributed by atoms with van der Waals surface area (Å²) in [7, 11) is 0. The van der Waals surface area contributed by atoms with E-state index in [9.17, 15) is 19.5 Å². The van der Waals surface area contributed by atoms with Crippen LogP contribution in [0, 0.1) is 11.8 Å². The van der Waals surface area contributed by atoms with Gasteiger partial charge in [0.2, 0.25) is 11.8 Å². The van der Waals surface area contributed by atoms with Crippen molar-refractivity contribution in [1.29, 1.82) is 0 Å². The molecule has 0 bridgehead atoms. The summed E-state index contributed by atoms with van der Waals surface area (Å²) in [6.45, 7) is 2.95. The molecular formula is C26H36N2O6. The van der Waals surface area contributed by atoms with Gasteiger partial charge in [-0.1, -0.05) is 43.6 Å². The topological polar surface area (TPSA) is 96.4 Å². The summed E-state index contributed by atoms with van der Waals surface area (Å²) in [6.07, 6.45) is 14.7. The molecule has 5 aliphatic rings. The second kappa shape index (κ2) is 9.11. The Morgan fingerprint density at radius 1 is 1.03 bits per heavy atom. The molecule has 1 unspecified atom stereocenters. The first kappa shape index (κ1) is 23.5. The molecule has 5 atom stereocenters. The SMILES string of the molecule is C[C@@]12C=CCCOC(=O)[C@@H]1[C@H]1C(=O)N(CCCCO)C3C(=O)N(C4CCCCC4)CC=C[C@@]31O2. The van der Waals surface area contributed by atoms with E-state index in [0.717, 1.165) is 25.7 Å². The number of amides is 2. The molecule has 2 saturated heterocycles. The van der Waals surface area contributed by atoms with E-state index in [0.29, 0.717) is 32.4 Å². The summed E-state index contributed by atoms with van der Waals surface area (Å²) in [5.41, 5.74) is -2.25. The number of unbranched alkanes of at least 4 members (excludes halogenated alkanes) is 1. The van der Waals surface area contributed by atoms with Crippen LogP contribution in [0.1, 0.15) is 58.3 Å². The number of likely N-dealkylation sites (tertiary alicyclic amines) is 1.